The molecule has 2 aromatic heterocycles. The second kappa shape index (κ2) is 7.17. The van der Waals surface area contributed by atoms with E-state index in [0.717, 1.165) is 6.20 Å². The SMILES string of the molecule is Cc1nc(C(=N)N)ccc1C(=O)OOC(=O)c1ccc(C(=N)N)nc1. The van der Waals surface area contributed by atoms with E-state index in [9.17, 15) is 9.59 Å². The minimum absolute atomic E-state index is 0.0135. The van der Waals surface area contributed by atoms with Crippen molar-refractivity contribution in [3.8, 4) is 0 Å². The van der Waals surface area contributed by atoms with Gasteiger partial charge >= 0.3 is 11.9 Å². The molecule has 2 heterocycles. The number of carbonyl (C=O) groups excluding carboxylic acids is 2. The number of hydrogen-bond acceptors (Lipinski definition) is 8. The summed E-state index contributed by atoms with van der Waals surface area (Å²) in [5.41, 5.74) is 11.3. The van der Waals surface area contributed by atoms with Gasteiger partial charge in [-0.2, -0.15) is 0 Å². The lowest BCUT2D eigenvalue weighted by atomic mass is 10.2. The van der Waals surface area contributed by atoms with Crippen molar-refractivity contribution in [2.24, 2.45) is 11.5 Å². The smallest absolute Gasteiger partial charge is 0.382 e. The van der Waals surface area contributed by atoms with Crippen molar-refractivity contribution in [1.29, 1.82) is 10.8 Å². The Labute approximate surface area is 141 Å². The van der Waals surface area contributed by atoms with Gasteiger partial charge in [0.2, 0.25) is 0 Å². The largest absolute Gasteiger partial charge is 0.388 e. The molecular formula is C15H14N6O4. The number of aromatic nitrogens is 2. The summed E-state index contributed by atoms with van der Waals surface area (Å²) in [6.45, 7) is 1.52. The zero-order chi connectivity index (χ0) is 18.6. The molecule has 0 aliphatic carbocycles. The molecule has 10 nitrogen and oxygen atoms in total. The van der Waals surface area contributed by atoms with Gasteiger partial charge in [0.05, 0.1) is 16.8 Å². The maximum Gasteiger partial charge on any atom is 0.388 e. The highest BCUT2D eigenvalue weighted by Crippen LogP contribution is 2.10. The van der Waals surface area contributed by atoms with E-state index in [1.807, 2.05) is 0 Å². The second-order valence-corrected chi connectivity index (χ2v) is 4.83. The fourth-order valence-electron chi connectivity index (χ4n) is 1.77. The number of nitrogen functional groups attached to an aromatic ring is 2. The summed E-state index contributed by atoms with van der Waals surface area (Å²) in [5, 5.41) is 14.5. The molecule has 128 valence electrons. The third-order valence-electron chi connectivity index (χ3n) is 3.05. The Kier molecular flexibility index (Phi) is 5.03. The normalized spacial score (nSPS) is 9.96. The van der Waals surface area contributed by atoms with Crippen molar-refractivity contribution in [2.75, 3.05) is 0 Å². The highest BCUT2D eigenvalue weighted by atomic mass is 17.2. The van der Waals surface area contributed by atoms with Crippen LogP contribution in [0.1, 0.15) is 37.8 Å². The van der Waals surface area contributed by atoms with Crippen LogP contribution in [0.25, 0.3) is 0 Å². The van der Waals surface area contributed by atoms with Crippen LogP contribution in [0, 0.1) is 17.7 Å². The molecule has 0 aliphatic heterocycles. The topological polar surface area (TPSA) is 178 Å². The maximum absolute atomic E-state index is 11.9. The molecule has 2 rings (SSSR count). The molecule has 0 saturated heterocycles. The number of nitrogens with one attached hydrogen (secondary N) is 2. The van der Waals surface area contributed by atoms with Gasteiger partial charge in [-0.15, -0.1) is 0 Å². The first-order valence-electron chi connectivity index (χ1n) is 6.85. The Balaban J connectivity index is 2.03. The van der Waals surface area contributed by atoms with Gasteiger partial charge in [0.15, 0.2) is 0 Å². The molecular weight excluding hydrogens is 328 g/mol. The van der Waals surface area contributed by atoms with E-state index in [2.05, 4.69) is 19.7 Å². The Morgan fingerprint density at radius 2 is 1.56 bits per heavy atom. The van der Waals surface area contributed by atoms with Crippen molar-refractivity contribution in [3.63, 3.8) is 0 Å². The number of pyridine rings is 2. The van der Waals surface area contributed by atoms with Crippen LogP contribution in [0.2, 0.25) is 0 Å². The Hall–Kier alpha value is -3.82. The number of rotatable bonds is 4. The van der Waals surface area contributed by atoms with Crippen molar-refractivity contribution >= 4 is 23.6 Å². The van der Waals surface area contributed by atoms with E-state index in [-0.39, 0.29) is 39.9 Å². The maximum atomic E-state index is 11.9. The number of hydrogen-bond donors (Lipinski definition) is 4. The zero-order valence-corrected chi connectivity index (χ0v) is 13.1. The number of amidine groups is 2. The lowest BCUT2D eigenvalue weighted by Gasteiger charge is -2.06. The molecule has 10 heteroatoms. The minimum Gasteiger partial charge on any atom is -0.382 e. The van der Waals surface area contributed by atoms with Crippen molar-refractivity contribution in [1.82, 2.24) is 9.97 Å². The highest BCUT2D eigenvalue weighted by Gasteiger charge is 2.17. The van der Waals surface area contributed by atoms with E-state index in [1.165, 1.54) is 31.2 Å². The summed E-state index contributed by atoms with van der Waals surface area (Å²) in [4.78, 5) is 40.5. The van der Waals surface area contributed by atoms with Gasteiger partial charge < -0.3 is 11.5 Å². The minimum atomic E-state index is -0.943. The van der Waals surface area contributed by atoms with E-state index in [4.69, 9.17) is 22.3 Å². The van der Waals surface area contributed by atoms with E-state index in [1.54, 1.807) is 0 Å². The fraction of sp³-hybridized carbons (Fsp3) is 0.0667. The Bertz CT molecular complexity index is 863. The predicted octanol–water partition coefficient (Wildman–Crippen LogP) is 0.282. The number of nitrogens with zero attached hydrogens (tertiary/aromatic N) is 2. The molecule has 0 aromatic carbocycles. The van der Waals surface area contributed by atoms with Crippen LogP contribution in [-0.2, 0) is 9.78 Å². The van der Waals surface area contributed by atoms with Crippen molar-refractivity contribution in [2.45, 2.75) is 6.92 Å². The van der Waals surface area contributed by atoms with Crippen molar-refractivity contribution in [3.05, 3.63) is 58.7 Å². The van der Waals surface area contributed by atoms with E-state index < -0.39 is 11.9 Å². The van der Waals surface area contributed by atoms with Crippen LogP contribution < -0.4 is 11.5 Å². The zero-order valence-electron chi connectivity index (χ0n) is 13.1. The molecule has 0 spiro atoms. The summed E-state index contributed by atoms with van der Waals surface area (Å²) in [6, 6.07) is 5.42. The number of nitrogens with two attached hydrogens (primary N) is 2. The summed E-state index contributed by atoms with van der Waals surface area (Å²) in [7, 11) is 0. The third kappa shape index (κ3) is 4.13. The van der Waals surface area contributed by atoms with E-state index in [0.29, 0.717) is 0 Å². The molecule has 0 unspecified atom stereocenters. The molecule has 0 bridgehead atoms. The molecule has 0 radical (unpaired) electrons. The first-order chi connectivity index (χ1) is 11.8. The molecule has 25 heavy (non-hydrogen) atoms. The molecule has 0 atom stereocenters. The first-order valence-corrected chi connectivity index (χ1v) is 6.85. The van der Waals surface area contributed by atoms with Crippen LogP contribution in [-0.4, -0.2) is 33.6 Å². The average molecular weight is 342 g/mol. The molecule has 2 aromatic rings. The van der Waals surface area contributed by atoms with Crippen LogP contribution in [0.15, 0.2) is 30.5 Å². The number of carbonyl (C=O) groups is 2. The second-order valence-electron chi connectivity index (χ2n) is 4.83. The van der Waals surface area contributed by atoms with Gasteiger partial charge in [0.25, 0.3) is 0 Å². The van der Waals surface area contributed by atoms with Crippen LogP contribution in [0.5, 0.6) is 0 Å². The van der Waals surface area contributed by atoms with E-state index >= 15 is 0 Å². The van der Waals surface area contributed by atoms with Gasteiger partial charge in [-0.25, -0.2) is 24.3 Å². The first kappa shape index (κ1) is 17.5. The molecule has 6 N–H and O–H groups in total. The average Bonchev–Trinajstić information content (AvgIpc) is 2.59. The Morgan fingerprint density at radius 1 is 0.960 bits per heavy atom. The summed E-state index contributed by atoms with van der Waals surface area (Å²) >= 11 is 0. The summed E-state index contributed by atoms with van der Waals surface area (Å²) in [5.74, 6) is -2.36. The lowest BCUT2D eigenvalue weighted by molar-refractivity contribution is -0.187. The quantitative estimate of drug-likeness (QED) is 0.265. The van der Waals surface area contributed by atoms with Gasteiger partial charge in [0, 0.05) is 6.20 Å². The van der Waals surface area contributed by atoms with Gasteiger partial charge in [0.1, 0.15) is 23.1 Å². The lowest BCUT2D eigenvalue weighted by Crippen LogP contribution is -2.17. The highest BCUT2D eigenvalue weighted by molar-refractivity contribution is 5.96. The monoisotopic (exact) mass is 342 g/mol. The van der Waals surface area contributed by atoms with Crippen molar-refractivity contribution < 1.29 is 19.4 Å². The third-order valence-corrected chi connectivity index (χ3v) is 3.05. The molecule has 0 fully saturated rings. The fourth-order valence-corrected chi connectivity index (χ4v) is 1.77. The van der Waals surface area contributed by atoms with Gasteiger partial charge in [-0.3, -0.25) is 15.8 Å². The van der Waals surface area contributed by atoms with Crippen LogP contribution in [0.3, 0.4) is 0 Å². The predicted molar refractivity (Wildman–Crippen MR) is 86.1 cm³/mol. The van der Waals surface area contributed by atoms with Gasteiger partial charge in [-0.1, -0.05) is 0 Å². The molecule has 0 saturated carbocycles. The standard InChI is InChI=1S/C15H14N6O4/c1-7-9(3-5-11(21-7)13(18)19)15(23)25-24-14(22)8-2-4-10(12(16)17)20-6-8/h2-6H,1H3,(H3,16,17)(H3,18,19). The number of aryl methyl sites for hydroxylation is 1. The van der Waals surface area contributed by atoms with Crippen LogP contribution >= 0.6 is 0 Å². The summed E-state index contributed by atoms with van der Waals surface area (Å²) < 4.78 is 0. The van der Waals surface area contributed by atoms with Gasteiger partial charge in [-0.05, 0) is 31.2 Å². The van der Waals surface area contributed by atoms with Crippen LogP contribution in [0.4, 0.5) is 0 Å². The summed E-state index contributed by atoms with van der Waals surface area (Å²) in [6.07, 6.45) is 1.14. The molecule has 0 amide bonds. The Morgan fingerprint density at radius 3 is 2.08 bits per heavy atom. The molecule has 0 aliphatic rings.